The first-order valence-electron chi connectivity index (χ1n) is 8.14. The van der Waals surface area contributed by atoms with Crippen LogP contribution in [-0.4, -0.2) is 33.2 Å². The summed E-state index contributed by atoms with van der Waals surface area (Å²) < 4.78 is 2.32. The highest BCUT2D eigenvalue weighted by Gasteiger charge is 2.09. The number of hydrogen-bond acceptors (Lipinski definition) is 8. The van der Waals surface area contributed by atoms with Crippen LogP contribution in [0.25, 0.3) is 0 Å². The van der Waals surface area contributed by atoms with Gasteiger partial charge in [0.05, 0.1) is 12.0 Å². The first-order valence-corrected chi connectivity index (χ1v) is 12.1. The molecule has 6 nitrogen and oxygen atoms in total. The van der Waals surface area contributed by atoms with Crippen molar-refractivity contribution >= 4 is 74.5 Å². The van der Waals surface area contributed by atoms with Crippen molar-refractivity contribution in [3.63, 3.8) is 0 Å². The van der Waals surface area contributed by atoms with Crippen molar-refractivity contribution in [3.8, 4) is 5.75 Å². The molecular weight excluding hydrogens is 516 g/mol. The number of halogens is 2. The number of rotatable bonds is 8. The Morgan fingerprint density at radius 3 is 2.79 bits per heavy atom. The van der Waals surface area contributed by atoms with Crippen LogP contribution in [0, 0.1) is 0 Å². The van der Waals surface area contributed by atoms with E-state index in [0.29, 0.717) is 15.7 Å². The number of carbonyl (C=O) groups is 1. The number of hydrogen-bond donors (Lipinski definition) is 2. The maximum atomic E-state index is 11.9. The molecule has 3 aromatic rings. The fourth-order valence-electron chi connectivity index (χ4n) is 2.03. The van der Waals surface area contributed by atoms with Crippen LogP contribution in [0.2, 0.25) is 5.02 Å². The second-order valence-electron chi connectivity index (χ2n) is 5.50. The van der Waals surface area contributed by atoms with Gasteiger partial charge in [0, 0.05) is 20.8 Å². The molecule has 0 radical (unpaired) electrons. The second kappa shape index (κ2) is 11.0. The van der Waals surface area contributed by atoms with Crippen molar-refractivity contribution in [2.75, 3.05) is 5.75 Å². The molecular formula is C18H14BrClN4O2S3. The molecule has 0 saturated heterocycles. The van der Waals surface area contributed by atoms with Crippen molar-refractivity contribution in [1.82, 2.24) is 15.6 Å². The minimum Gasteiger partial charge on any atom is -0.507 e. The third-order valence-electron chi connectivity index (χ3n) is 3.41. The molecule has 0 saturated carbocycles. The van der Waals surface area contributed by atoms with E-state index in [1.807, 2.05) is 24.3 Å². The minimum atomic E-state index is -0.277. The van der Waals surface area contributed by atoms with Gasteiger partial charge in [0.2, 0.25) is 0 Å². The lowest BCUT2D eigenvalue weighted by Crippen LogP contribution is -2.19. The first-order chi connectivity index (χ1) is 14.0. The number of nitrogens with one attached hydrogen (secondary N) is 1. The molecule has 3 rings (SSSR count). The van der Waals surface area contributed by atoms with Gasteiger partial charge in [-0.2, -0.15) is 5.10 Å². The number of carbonyl (C=O) groups excluding carboxylic acids is 1. The van der Waals surface area contributed by atoms with Gasteiger partial charge in [0.15, 0.2) is 8.68 Å². The highest BCUT2D eigenvalue weighted by Crippen LogP contribution is 2.32. The van der Waals surface area contributed by atoms with E-state index >= 15 is 0 Å². The van der Waals surface area contributed by atoms with Gasteiger partial charge in [-0.3, -0.25) is 4.79 Å². The Morgan fingerprint density at radius 2 is 2.00 bits per heavy atom. The summed E-state index contributed by atoms with van der Waals surface area (Å²) in [5.41, 5.74) is 3.96. The smallest absolute Gasteiger partial charge is 0.250 e. The van der Waals surface area contributed by atoms with E-state index in [2.05, 4.69) is 36.7 Å². The van der Waals surface area contributed by atoms with Gasteiger partial charge < -0.3 is 5.11 Å². The molecule has 0 fully saturated rings. The first kappa shape index (κ1) is 22.1. The summed E-state index contributed by atoms with van der Waals surface area (Å²) in [5, 5.41) is 22.6. The molecule has 2 N–H and O–H groups in total. The maximum Gasteiger partial charge on any atom is 0.250 e. The number of benzene rings is 2. The molecule has 2 aromatic carbocycles. The average Bonchev–Trinajstić information content (AvgIpc) is 3.16. The van der Waals surface area contributed by atoms with Crippen LogP contribution in [0.3, 0.4) is 0 Å². The molecule has 1 aromatic heterocycles. The summed E-state index contributed by atoms with van der Waals surface area (Å²) >= 11 is 13.7. The van der Waals surface area contributed by atoms with Crippen LogP contribution in [0.5, 0.6) is 5.75 Å². The van der Waals surface area contributed by atoms with Crippen LogP contribution < -0.4 is 5.43 Å². The predicted octanol–water partition coefficient (Wildman–Crippen LogP) is 5.19. The number of nitrogens with zero attached hydrogens (tertiary/aromatic N) is 3. The molecule has 1 amide bonds. The average molecular weight is 530 g/mol. The molecule has 0 aliphatic carbocycles. The van der Waals surface area contributed by atoms with Crippen molar-refractivity contribution in [3.05, 3.63) is 63.1 Å². The Bertz CT molecular complexity index is 1030. The lowest BCUT2D eigenvalue weighted by Gasteiger charge is -2.01. The molecule has 150 valence electrons. The summed E-state index contributed by atoms with van der Waals surface area (Å²) in [7, 11) is 0. The highest BCUT2D eigenvalue weighted by molar-refractivity contribution is 9.10. The van der Waals surface area contributed by atoms with E-state index in [9.17, 15) is 9.90 Å². The Morgan fingerprint density at radius 1 is 1.24 bits per heavy atom. The molecule has 0 spiro atoms. The summed E-state index contributed by atoms with van der Waals surface area (Å²) in [5.74, 6) is 0.667. The number of aromatic hydroxyl groups is 1. The van der Waals surface area contributed by atoms with Gasteiger partial charge in [-0.15, -0.1) is 10.2 Å². The monoisotopic (exact) mass is 528 g/mol. The summed E-state index contributed by atoms with van der Waals surface area (Å²) in [4.78, 5) is 11.9. The lowest BCUT2D eigenvalue weighted by atomic mass is 10.2. The number of amides is 1. The van der Waals surface area contributed by atoms with Crippen LogP contribution >= 0.6 is 62.4 Å². The third-order valence-corrected chi connectivity index (χ3v) is 7.51. The Kier molecular flexibility index (Phi) is 8.37. The molecule has 29 heavy (non-hydrogen) atoms. The molecule has 0 unspecified atom stereocenters. The number of phenols is 1. The second-order valence-corrected chi connectivity index (χ2v) is 10.2. The molecule has 11 heteroatoms. The molecule has 0 atom stereocenters. The zero-order chi connectivity index (χ0) is 20.6. The number of hydrazone groups is 1. The zero-order valence-corrected chi connectivity index (χ0v) is 19.5. The van der Waals surface area contributed by atoms with Crippen LogP contribution in [0.4, 0.5) is 0 Å². The van der Waals surface area contributed by atoms with E-state index < -0.39 is 0 Å². The quantitative estimate of drug-likeness (QED) is 0.237. The van der Waals surface area contributed by atoms with Crippen LogP contribution in [0.1, 0.15) is 11.1 Å². The molecule has 0 aliphatic rings. The van der Waals surface area contributed by atoms with E-state index in [4.69, 9.17) is 11.6 Å². The summed E-state index contributed by atoms with van der Waals surface area (Å²) in [6.45, 7) is 0. The minimum absolute atomic E-state index is 0.0799. The van der Waals surface area contributed by atoms with E-state index in [0.717, 1.165) is 19.4 Å². The van der Waals surface area contributed by atoms with E-state index in [1.54, 1.807) is 30.0 Å². The largest absolute Gasteiger partial charge is 0.507 e. The van der Waals surface area contributed by atoms with E-state index in [-0.39, 0.29) is 17.4 Å². The summed E-state index contributed by atoms with van der Waals surface area (Å²) in [6, 6.07) is 12.6. The fraction of sp³-hybridized carbons (Fsp3) is 0.111. The number of phenolic OH excluding ortho intramolecular Hbond substituents is 1. The van der Waals surface area contributed by atoms with Gasteiger partial charge in [-0.05, 0) is 29.8 Å². The Balaban J connectivity index is 1.44. The number of thioether (sulfide) groups is 2. The normalized spacial score (nSPS) is 11.1. The zero-order valence-electron chi connectivity index (χ0n) is 14.7. The fourth-order valence-corrected chi connectivity index (χ4v) is 5.51. The van der Waals surface area contributed by atoms with Crippen LogP contribution in [-0.2, 0) is 10.5 Å². The van der Waals surface area contributed by atoms with Crippen molar-refractivity contribution in [2.24, 2.45) is 5.10 Å². The van der Waals surface area contributed by atoms with Crippen molar-refractivity contribution in [2.45, 2.75) is 14.4 Å². The molecule has 0 aliphatic heterocycles. The summed E-state index contributed by atoms with van der Waals surface area (Å²) in [6.07, 6.45) is 1.39. The van der Waals surface area contributed by atoms with Gasteiger partial charge in [0.25, 0.3) is 5.91 Å². The van der Waals surface area contributed by atoms with Crippen molar-refractivity contribution in [1.29, 1.82) is 0 Å². The Hall–Kier alpha value is -1.59. The topological polar surface area (TPSA) is 87.5 Å². The Labute approximate surface area is 193 Å². The maximum absolute atomic E-state index is 11.9. The highest BCUT2D eigenvalue weighted by atomic mass is 79.9. The van der Waals surface area contributed by atoms with E-state index in [1.165, 1.54) is 29.3 Å². The van der Waals surface area contributed by atoms with Gasteiger partial charge in [-0.25, -0.2) is 5.43 Å². The SMILES string of the molecule is O=C(CSc1nnc(SCc2ccccc2Cl)s1)N/N=C\c1cc(Br)ccc1O. The van der Waals surface area contributed by atoms with Crippen molar-refractivity contribution < 1.29 is 9.90 Å². The number of aromatic nitrogens is 2. The predicted molar refractivity (Wildman–Crippen MR) is 123 cm³/mol. The molecule has 0 bridgehead atoms. The van der Waals surface area contributed by atoms with Gasteiger partial charge in [0.1, 0.15) is 5.75 Å². The van der Waals surface area contributed by atoms with Crippen LogP contribution in [0.15, 0.2) is 60.7 Å². The lowest BCUT2D eigenvalue weighted by molar-refractivity contribution is -0.118. The van der Waals surface area contributed by atoms with Gasteiger partial charge in [-0.1, -0.05) is 80.6 Å². The molecule has 1 heterocycles. The third kappa shape index (κ3) is 7.00. The van der Waals surface area contributed by atoms with Gasteiger partial charge >= 0.3 is 0 Å². The standard InChI is InChI=1S/C18H14BrClN4O2S3/c19-13-5-6-15(25)12(7-13)8-21-22-16(26)10-28-18-24-23-17(29-18)27-9-11-3-1-2-4-14(11)20/h1-8,25H,9-10H2,(H,22,26)/b21-8-.